The summed E-state index contributed by atoms with van der Waals surface area (Å²) in [5, 5.41) is 8.05. The molecule has 0 aliphatic carbocycles. The number of fused-ring (bicyclic) bond motifs is 1. The molecule has 3 aromatic heterocycles. The first-order chi connectivity index (χ1) is 11.0. The zero-order chi connectivity index (χ0) is 16.6. The van der Waals surface area contributed by atoms with Crippen LogP contribution in [0.15, 0.2) is 29.0 Å². The van der Waals surface area contributed by atoms with Gasteiger partial charge >= 0.3 is 0 Å². The average molecular weight is 374 g/mol. The lowest BCUT2D eigenvalue weighted by Gasteiger charge is -2.16. The lowest BCUT2D eigenvalue weighted by Crippen LogP contribution is -2.19. The maximum Gasteiger partial charge on any atom is 0.112 e. The fourth-order valence-electron chi connectivity index (χ4n) is 2.86. The molecule has 0 aromatic carbocycles. The largest absolute Gasteiger partial charge is 0.380 e. The predicted octanol–water partition coefficient (Wildman–Crippen LogP) is 3.79. The molecule has 0 bridgehead atoms. The number of nitrogens with one attached hydrogen (secondary N) is 1. The molecule has 0 spiro atoms. The molecule has 0 amide bonds. The van der Waals surface area contributed by atoms with Crippen molar-refractivity contribution in [2.75, 3.05) is 5.32 Å². The Hall–Kier alpha value is -1.95. The van der Waals surface area contributed by atoms with Crippen LogP contribution >= 0.6 is 15.9 Å². The standard InChI is InChI=1S/C17H20BrN5/c1-10(7-14-11(2)22-23(4)12(14)3)21-15-5-6-19-16-8-13(18)9-20-17(15)16/h5-6,8-10H,7H2,1-4H3,(H,19,21). The highest BCUT2D eigenvalue weighted by atomic mass is 79.9. The highest BCUT2D eigenvalue weighted by Crippen LogP contribution is 2.23. The van der Waals surface area contributed by atoms with Gasteiger partial charge in [0, 0.05) is 35.6 Å². The predicted molar refractivity (Wildman–Crippen MR) is 96.7 cm³/mol. The molecular weight excluding hydrogens is 354 g/mol. The van der Waals surface area contributed by atoms with Crippen LogP contribution in [-0.2, 0) is 13.5 Å². The number of aryl methyl sites for hydroxylation is 2. The van der Waals surface area contributed by atoms with Gasteiger partial charge in [-0.25, -0.2) is 0 Å². The summed E-state index contributed by atoms with van der Waals surface area (Å²) in [6.45, 7) is 6.36. The summed E-state index contributed by atoms with van der Waals surface area (Å²) in [7, 11) is 1.99. The number of anilines is 1. The maximum atomic E-state index is 4.49. The molecule has 1 atom stereocenters. The molecule has 0 saturated carbocycles. The molecule has 0 aliphatic rings. The number of aromatic nitrogens is 4. The van der Waals surface area contributed by atoms with Crippen molar-refractivity contribution in [1.29, 1.82) is 0 Å². The number of pyridine rings is 2. The summed E-state index contributed by atoms with van der Waals surface area (Å²) >= 11 is 3.44. The van der Waals surface area contributed by atoms with Gasteiger partial charge in [0.2, 0.25) is 0 Å². The summed E-state index contributed by atoms with van der Waals surface area (Å²) in [5.74, 6) is 0. The molecule has 3 rings (SSSR count). The van der Waals surface area contributed by atoms with Crippen molar-refractivity contribution in [3.63, 3.8) is 0 Å². The van der Waals surface area contributed by atoms with Gasteiger partial charge in [-0.3, -0.25) is 14.6 Å². The molecule has 5 nitrogen and oxygen atoms in total. The van der Waals surface area contributed by atoms with E-state index in [9.17, 15) is 0 Å². The molecule has 3 aromatic rings. The van der Waals surface area contributed by atoms with Crippen LogP contribution in [0.4, 0.5) is 5.69 Å². The van der Waals surface area contributed by atoms with E-state index in [0.29, 0.717) is 0 Å². The summed E-state index contributed by atoms with van der Waals surface area (Å²) in [5.41, 5.74) is 6.40. The molecule has 3 heterocycles. The van der Waals surface area contributed by atoms with E-state index in [0.717, 1.165) is 33.3 Å². The summed E-state index contributed by atoms with van der Waals surface area (Å²) in [6.07, 6.45) is 4.53. The Morgan fingerprint density at radius 3 is 2.78 bits per heavy atom. The van der Waals surface area contributed by atoms with Gasteiger partial charge in [0.1, 0.15) is 5.52 Å². The van der Waals surface area contributed by atoms with Crippen LogP contribution < -0.4 is 5.32 Å². The first-order valence-corrected chi connectivity index (χ1v) is 8.41. The molecule has 0 saturated heterocycles. The van der Waals surface area contributed by atoms with Gasteiger partial charge in [-0.1, -0.05) is 0 Å². The summed E-state index contributed by atoms with van der Waals surface area (Å²) < 4.78 is 2.88. The monoisotopic (exact) mass is 373 g/mol. The SMILES string of the molecule is Cc1nn(C)c(C)c1CC(C)Nc1ccnc2cc(Br)cnc12. The smallest absolute Gasteiger partial charge is 0.112 e. The van der Waals surface area contributed by atoms with Crippen molar-refractivity contribution in [2.24, 2.45) is 7.05 Å². The number of nitrogens with zero attached hydrogens (tertiary/aromatic N) is 4. The van der Waals surface area contributed by atoms with Crippen molar-refractivity contribution in [2.45, 2.75) is 33.2 Å². The molecule has 0 aliphatic heterocycles. The quantitative estimate of drug-likeness (QED) is 0.755. The number of rotatable bonds is 4. The van der Waals surface area contributed by atoms with E-state index >= 15 is 0 Å². The van der Waals surface area contributed by atoms with Crippen LogP contribution in [0.2, 0.25) is 0 Å². The second-order valence-corrected chi connectivity index (χ2v) is 6.82. The Bertz CT molecular complexity index is 856. The van der Waals surface area contributed by atoms with Crippen molar-refractivity contribution in [1.82, 2.24) is 19.7 Å². The van der Waals surface area contributed by atoms with E-state index in [-0.39, 0.29) is 6.04 Å². The Morgan fingerprint density at radius 1 is 1.30 bits per heavy atom. The molecule has 6 heteroatoms. The summed E-state index contributed by atoms with van der Waals surface area (Å²) in [4.78, 5) is 8.87. The Kier molecular flexibility index (Phi) is 4.35. The van der Waals surface area contributed by atoms with Crippen molar-refractivity contribution in [3.8, 4) is 0 Å². The number of hydrogen-bond acceptors (Lipinski definition) is 4. The van der Waals surface area contributed by atoms with E-state index in [1.165, 1.54) is 11.3 Å². The molecule has 120 valence electrons. The van der Waals surface area contributed by atoms with Crippen molar-refractivity contribution in [3.05, 3.63) is 46.0 Å². The zero-order valence-corrected chi connectivity index (χ0v) is 15.3. The van der Waals surface area contributed by atoms with Gasteiger partial charge < -0.3 is 5.32 Å². The fourth-order valence-corrected chi connectivity index (χ4v) is 3.18. The van der Waals surface area contributed by atoms with Gasteiger partial charge in [-0.05, 0) is 60.8 Å². The minimum absolute atomic E-state index is 0.271. The Morgan fingerprint density at radius 2 is 2.09 bits per heavy atom. The van der Waals surface area contributed by atoms with Gasteiger partial charge in [-0.15, -0.1) is 0 Å². The number of hydrogen-bond donors (Lipinski definition) is 1. The zero-order valence-electron chi connectivity index (χ0n) is 13.8. The molecule has 0 fully saturated rings. The van der Waals surface area contributed by atoms with Crippen LogP contribution in [0.25, 0.3) is 11.0 Å². The minimum Gasteiger partial charge on any atom is -0.380 e. The average Bonchev–Trinajstić information content (AvgIpc) is 2.73. The van der Waals surface area contributed by atoms with Gasteiger partial charge in [0.15, 0.2) is 0 Å². The maximum absolute atomic E-state index is 4.49. The summed E-state index contributed by atoms with van der Waals surface area (Å²) in [6, 6.07) is 4.23. The second kappa shape index (κ2) is 6.28. The van der Waals surface area contributed by atoms with Crippen molar-refractivity contribution >= 4 is 32.7 Å². The first kappa shape index (κ1) is 15.9. The Balaban J connectivity index is 1.84. The van der Waals surface area contributed by atoms with Crippen LogP contribution in [-0.4, -0.2) is 25.8 Å². The molecular formula is C17H20BrN5. The Labute approximate surface area is 144 Å². The number of halogens is 1. The minimum atomic E-state index is 0.271. The third-order valence-corrected chi connectivity index (χ3v) is 4.55. The third kappa shape index (κ3) is 3.22. The molecule has 0 radical (unpaired) electrons. The van der Waals surface area contributed by atoms with Crippen molar-refractivity contribution < 1.29 is 0 Å². The molecule has 23 heavy (non-hydrogen) atoms. The van der Waals surface area contributed by atoms with Gasteiger partial charge in [0.25, 0.3) is 0 Å². The second-order valence-electron chi connectivity index (χ2n) is 5.90. The van der Waals surface area contributed by atoms with Crippen LogP contribution in [0.5, 0.6) is 0 Å². The van der Waals surface area contributed by atoms with E-state index < -0.39 is 0 Å². The van der Waals surface area contributed by atoms with E-state index in [1.807, 2.05) is 30.1 Å². The van der Waals surface area contributed by atoms with E-state index in [2.05, 4.69) is 57.1 Å². The van der Waals surface area contributed by atoms with Gasteiger partial charge in [-0.2, -0.15) is 5.10 Å². The molecule has 1 unspecified atom stereocenters. The molecule has 1 N–H and O–H groups in total. The van der Waals surface area contributed by atoms with E-state index in [1.54, 1.807) is 6.20 Å². The third-order valence-electron chi connectivity index (χ3n) is 4.12. The van der Waals surface area contributed by atoms with Crippen LogP contribution in [0.3, 0.4) is 0 Å². The lowest BCUT2D eigenvalue weighted by molar-refractivity contribution is 0.727. The van der Waals surface area contributed by atoms with E-state index in [4.69, 9.17) is 0 Å². The first-order valence-electron chi connectivity index (χ1n) is 7.61. The van der Waals surface area contributed by atoms with Crippen LogP contribution in [0, 0.1) is 13.8 Å². The fraction of sp³-hybridized carbons (Fsp3) is 0.353. The highest BCUT2D eigenvalue weighted by molar-refractivity contribution is 9.10. The normalized spacial score (nSPS) is 12.6. The highest BCUT2D eigenvalue weighted by Gasteiger charge is 2.14. The topological polar surface area (TPSA) is 55.6 Å². The van der Waals surface area contributed by atoms with Crippen LogP contribution in [0.1, 0.15) is 23.9 Å². The van der Waals surface area contributed by atoms with Gasteiger partial charge in [0.05, 0.1) is 16.9 Å². The lowest BCUT2D eigenvalue weighted by atomic mass is 10.0.